The fraction of sp³-hybridized carbons (Fsp3) is 0.292. The van der Waals surface area contributed by atoms with Crippen LogP contribution < -0.4 is 20.1 Å². The number of urea groups is 1. The van der Waals surface area contributed by atoms with Gasteiger partial charge < -0.3 is 19.5 Å². The van der Waals surface area contributed by atoms with Gasteiger partial charge in [-0.05, 0) is 35.9 Å². The number of benzene rings is 2. The molecule has 2 aromatic carbocycles. The lowest BCUT2D eigenvalue weighted by Gasteiger charge is -2.17. The average Bonchev–Trinajstić information content (AvgIpc) is 3.20. The minimum Gasteiger partial charge on any atom is -0.493 e. The van der Waals surface area contributed by atoms with Gasteiger partial charge in [-0.2, -0.15) is 26.3 Å². The van der Waals surface area contributed by atoms with Gasteiger partial charge in [-0.25, -0.2) is 4.79 Å². The highest BCUT2D eigenvalue weighted by Crippen LogP contribution is 2.38. The highest BCUT2D eigenvalue weighted by Gasteiger charge is 2.38. The molecule has 0 atom stereocenters. The molecule has 1 aliphatic rings. The molecule has 1 aliphatic heterocycles. The Hall–Kier alpha value is -4.23. The Labute approximate surface area is 212 Å². The third-order valence-corrected chi connectivity index (χ3v) is 5.17. The molecule has 0 aromatic heterocycles. The van der Waals surface area contributed by atoms with Crippen LogP contribution >= 0.6 is 0 Å². The number of carbonyl (C=O) groups excluding carboxylic acids is 2. The molecule has 0 unspecified atom stereocenters. The zero-order valence-corrected chi connectivity index (χ0v) is 19.9. The standard InChI is InChI=1S/C24H21F6N3O5/c1-36-19-10-13(9-17-21(33-22(35)32-17)31-8-7-20(34)37-2)3-6-18(19)38-12-14-4-5-15(23(25,26)27)11-16(14)24(28,29)30/h3-6,9-11H,7-8,12H2,1-2H3,(H2,31,32,33,35). The molecule has 2 amide bonds. The summed E-state index contributed by atoms with van der Waals surface area (Å²) in [7, 11) is 2.52. The zero-order chi connectivity index (χ0) is 28.1. The lowest BCUT2D eigenvalue weighted by atomic mass is 10.0. The number of amides is 2. The smallest absolute Gasteiger partial charge is 0.416 e. The molecule has 0 bridgehead atoms. The average molecular weight is 545 g/mol. The van der Waals surface area contributed by atoms with Gasteiger partial charge in [-0.3, -0.25) is 15.1 Å². The number of nitrogens with zero attached hydrogens (tertiary/aromatic N) is 1. The maximum absolute atomic E-state index is 13.4. The van der Waals surface area contributed by atoms with Crippen LogP contribution in [0.3, 0.4) is 0 Å². The fourth-order valence-corrected chi connectivity index (χ4v) is 3.34. The van der Waals surface area contributed by atoms with Crippen LogP contribution in [0.4, 0.5) is 31.1 Å². The molecule has 8 nitrogen and oxygen atoms in total. The van der Waals surface area contributed by atoms with Crippen LogP contribution in [-0.2, 0) is 28.5 Å². The van der Waals surface area contributed by atoms with E-state index in [4.69, 9.17) is 9.47 Å². The Balaban J connectivity index is 1.81. The molecule has 38 heavy (non-hydrogen) atoms. The Bertz CT molecular complexity index is 1270. The molecule has 1 saturated heterocycles. The van der Waals surface area contributed by atoms with E-state index in [2.05, 4.69) is 20.4 Å². The van der Waals surface area contributed by atoms with Crippen LogP contribution in [-0.4, -0.2) is 38.6 Å². The maximum Gasteiger partial charge on any atom is 0.416 e. The number of hydrogen-bond donors (Lipinski definition) is 2. The first-order valence-electron chi connectivity index (χ1n) is 10.8. The molecule has 0 aliphatic carbocycles. The largest absolute Gasteiger partial charge is 0.493 e. The highest BCUT2D eigenvalue weighted by molar-refractivity contribution is 6.16. The van der Waals surface area contributed by atoms with E-state index in [9.17, 15) is 35.9 Å². The Kier molecular flexibility index (Phi) is 8.53. The van der Waals surface area contributed by atoms with Gasteiger partial charge >= 0.3 is 24.4 Å². The summed E-state index contributed by atoms with van der Waals surface area (Å²) < 4.78 is 94.1. The second-order valence-corrected chi connectivity index (χ2v) is 7.76. The van der Waals surface area contributed by atoms with Crippen molar-refractivity contribution in [3.05, 3.63) is 64.3 Å². The molecule has 3 rings (SSSR count). The van der Waals surface area contributed by atoms with Crippen LogP contribution in [0.15, 0.2) is 47.1 Å². The number of halogens is 6. The van der Waals surface area contributed by atoms with E-state index in [1.165, 1.54) is 38.5 Å². The van der Waals surface area contributed by atoms with Crippen molar-refractivity contribution in [1.29, 1.82) is 0 Å². The predicted octanol–water partition coefficient (Wildman–Crippen LogP) is 4.93. The van der Waals surface area contributed by atoms with Gasteiger partial charge in [0.1, 0.15) is 6.61 Å². The van der Waals surface area contributed by atoms with E-state index < -0.39 is 47.7 Å². The lowest BCUT2D eigenvalue weighted by Crippen LogP contribution is -2.22. The molecule has 1 heterocycles. The molecule has 204 valence electrons. The number of rotatable bonds is 8. The van der Waals surface area contributed by atoms with E-state index in [1.54, 1.807) is 0 Å². The normalized spacial score (nSPS) is 15.8. The number of esters is 1. The van der Waals surface area contributed by atoms with Crippen LogP contribution in [0.1, 0.15) is 28.7 Å². The summed E-state index contributed by atoms with van der Waals surface area (Å²) in [6.07, 6.45) is -8.44. The Morgan fingerprint density at radius 3 is 2.34 bits per heavy atom. The highest BCUT2D eigenvalue weighted by atomic mass is 19.4. The molecule has 14 heteroatoms. The first kappa shape index (κ1) is 28.3. The SMILES string of the molecule is COC(=O)CCN=C1NC(=O)NC1=Cc1ccc(OCc2ccc(C(F)(F)F)cc2C(F)(F)F)c(OC)c1. The topological polar surface area (TPSA) is 98.2 Å². The number of ether oxygens (including phenoxy) is 3. The van der Waals surface area contributed by atoms with E-state index in [0.29, 0.717) is 17.7 Å². The lowest BCUT2D eigenvalue weighted by molar-refractivity contribution is -0.144. The van der Waals surface area contributed by atoms with Crippen molar-refractivity contribution < 1.29 is 50.1 Å². The van der Waals surface area contributed by atoms with E-state index in [-0.39, 0.29) is 42.1 Å². The van der Waals surface area contributed by atoms with Gasteiger partial charge in [0.15, 0.2) is 17.3 Å². The summed E-state index contributed by atoms with van der Waals surface area (Å²) >= 11 is 0. The second kappa shape index (κ2) is 11.4. The number of amidine groups is 1. The number of carbonyl (C=O) groups is 2. The quantitative estimate of drug-likeness (QED) is 0.362. The molecule has 1 fully saturated rings. The molecule has 2 aromatic rings. The van der Waals surface area contributed by atoms with Gasteiger partial charge in [0, 0.05) is 5.56 Å². The van der Waals surface area contributed by atoms with Gasteiger partial charge in [0.05, 0.1) is 44.0 Å². The Morgan fingerprint density at radius 2 is 1.71 bits per heavy atom. The zero-order valence-electron chi connectivity index (χ0n) is 19.9. The fourth-order valence-electron chi connectivity index (χ4n) is 3.34. The van der Waals surface area contributed by atoms with Crippen LogP contribution in [0, 0.1) is 0 Å². The van der Waals surface area contributed by atoms with Gasteiger partial charge in [0.2, 0.25) is 0 Å². The third kappa shape index (κ3) is 7.17. The van der Waals surface area contributed by atoms with Crippen LogP contribution in [0.2, 0.25) is 0 Å². The van der Waals surface area contributed by atoms with Crippen LogP contribution in [0.25, 0.3) is 6.08 Å². The minimum absolute atomic E-state index is 0.00199. The first-order chi connectivity index (χ1) is 17.8. The monoisotopic (exact) mass is 545 g/mol. The van der Waals surface area contributed by atoms with Crippen molar-refractivity contribution in [1.82, 2.24) is 10.6 Å². The number of aliphatic imine (C=N–C) groups is 1. The van der Waals surface area contributed by atoms with Gasteiger partial charge in [-0.1, -0.05) is 12.1 Å². The molecular formula is C24H21F6N3O5. The number of nitrogens with one attached hydrogen (secondary N) is 2. The van der Waals surface area contributed by atoms with Gasteiger partial charge in [-0.15, -0.1) is 0 Å². The summed E-state index contributed by atoms with van der Waals surface area (Å²) in [5, 5.41) is 5.03. The third-order valence-electron chi connectivity index (χ3n) is 5.17. The summed E-state index contributed by atoms with van der Waals surface area (Å²) in [6, 6.07) is 5.13. The minimum atomic E-state index is -5.03. The van der Waals surface area contributed by atoms with Crippen molar-refractivity contribution in [2.24, 2.45) is 4.99 Å². The summed E-state index contributed by atoms with van der Waals surface area (Å²) in [5.74, 6) is -0.152. The first-order valence-corrected chi connectivity index (χ1v) is 10.8. The molecule has 0 saturated carbocycles. The molecular weight excluding hydrogens is 524 g/mol. The maximum atomic E-state index is 13.4. The van der Waals surface area contributed by atoms with E-state index >= 15 is 0 Å². The second-order valence-electron chi connectivity index (χ2n) is 7.76. The van der Waals surface area contributed by atoms with E-state index in [0.717, 1.165) is 0 Å². The Morgan fingerprint density at radius 1 is 0.974 bits per heavy atom. The molecule has 0 spiro atoms. The van der Waals surface area contributed by atoms with Crippen molar-refractivity contribution >= 4 is 23.9 Å². The number of hydrogen-bond acceptors (Lipinski definition) is 6. The molecule has 2 N–H and O–H groups in total. The summed E-state index contributed by atoms with van der Waals surface area (Å²) in [6.45, 7) is -0.623. The van der Waals surface area contributed by atoms with Crippen molar-refractivity contribution in [3.8, 4) is 11.5 Å². The summed E-state index contributed by atoms with van der Waals surface area (Å²) in [4.78, 5) is 27.2. The van der Waals surface area contributed by atoms with Crippen molar-refractivity contribution in [2.75, 3.05) is 20.8 Å². The number of alkyl halides is 6. The predicted molar refractivity (Wildman–Crippen MR) is 122 cm³/mol. The van der Waals surface area contributed by atoms with Gasteiger partial charge in [0.25, 0.3) is 0 Å². The van der Waals surface area contributed by atoms with Crippen molar-refractivity contribution in [3.63, 3.8) is 0 Å². The summed E-state index contributed by atoms with van der Waals surface area (Å²) in [5.41, 5.74) is -2.61. The van der Waals surface area contributed by atoms with E-state index in [1.807, 2.05) is 0 Å². The van der Waals surface area contributed by atoms with Crippen LogP contribution in [0.5, 0.6) is 11.5 Å². The van der Waals surface area contributed by atoms with Crippen molar-refractivity contribution in [2.45, 2.75) is 25.4 Å². The molecule has 0 radical (unpaired) electrons. The number of methoxy groups -OCH3 is 2.